The molecule has 106 valence electrons. The first-order valence-electron chi connectivity index (χ1n) is 6.96. The van der Waals surface area contributed by atoms with Crippen LogP contribution in [0.25, 0.3) is 0 Å². The quantitative estimate of drug-likeness (QED) is 0.299. The van der Waals surface area contributed by atoms with Crippen molar-refractivity contribution >= 4 is 29.9 Å². The van der Waals surface area contributed by atoms with E-state index < -0.39 is 0 Å². The maximum atomic E-state index is 5.77. The Hall–Kier alpha value is -0.0400. The maximum Gasteiger partial charge on any atom is 0.188 e. The minimum Gasteiger partial charge on any atom is -0.381 e. The number of aliphatic imine (C=N–C) groups is 1. The van der Waals surface area contributed by atoms with Crippen LogP contribution in [0, 0.1) is 11.8 Å². The van der Waals surface area contributed by atoms with Gasteiger partial charge in [-0.2, -0.15) is 0 Å². The molecule has 0 aliphatic heterocycles. The molecule has 0 saturated heterocycles. The number of nitrogens with one attached hydrogen (secondary N) is 1. The Morgan fingerprint density at radius 2 is 2.00 bits per heavy atom. The van der Waals surface area contributed by atoms with Gasteiger partial charge in [-0.1, -0.05) is 6.42 Å². The summed E-state index contributed by atoms with van der Waals surface area (Å²) >= 11 is 0. The summed E-state index contributed by atoms with van der Waals surface area (Å²) in [5.41, 5.74) is 5.77. The second kappa shape index (κ2) is 8.96. The average Bonchev–Trinajstić information content (AvgIpc) is 3.05. The highest BCUT2D eigenvalue weighted by atomic mass is 127. The van der Waals surface area contributed by atoms with Gasteiger partial charge in [-0.3, -0.25) is 4.99 Å². The number of rotatable bonds is 8. The van der Waals surface area contributed by atoms with Gasteiger partial charge in [-0.05, 0) is 43.9 Å². The third-order valence-corrected chi connectivity index (χ3v) is 3.57. The summed E-state index contributed by atoms with van der Waals surface area (Å²) in [4.78, 5) is 4.34. The van der Waals surface area contributed by atoms with Crippen LogP contribution in [-0.4, -0.2) is 32.3 Å². The Morgan fingerprint density at radius 1 is 1.22 bits per heavy atom. The lowest BCUT2D eigenvalue weighted by molar-refractivity contribution is 0.123. The molecule has 0 amide bonds. The molecule has 5 heteroatoms. The van der Waals surface area contributed by atoms with Gasteiger partial charge in [0.1, 0.15) is 0 Å². The molecule has 2 aliphatic carbocycles. The van der Waals surface area contributed by atoms with Crippen molar-refractivity contribution in [3.8, 4) is 0 Å². The third kappa shape index (κ3) is 6.78. The van der Waals surface area contributed by atoms with E-state index in [0.29, 0.717) is 5.96 Å². The smallest absolute Gasteiger partial charge is 0.188 e. The van der Waals surface area contributed by atoms with Crippen LogP contribution in [0.2, 0.25) is 0 Å². The summed E-state index contributed by atoms with van der Waals surface area (Å²) in [5, 5.41) is 3.14. The van der Waals surface area contributed by atoms with Crippen molar-refractivity contribution in [3.63, 3.8) is 0 Å². The van der Waals surface area contributed by atoms with Crippen molar-refractivity contribution in [3.05, 3.63) is 0 Å². The predicted molar refractivity (Wildman–Crippen MR) is 85.4 cm³/mol. The summed E-state index contributed by atoms with van der Waals surface area (Å²) in [6.45, 7) is 3.55. The SMILES string of the molecule is I.NC(=NCC1CCC1)NCCCOCC1CC1. The number of nitrogens with zero attached hydrogens (tertiary/aromatic N) is 1. The molecular weight excluding hydrogens is 341 g/mol. The van der Waals surface area contributed by atoms with Crippen LogP contribution < -0.4 is 11.1 Å². The van der Waals surface area contributed by atoms with Crippen molar-refractivity contribution < 1.29 is 4.74 Å². The molecule has 0 unspecified atom stereocenters. The number of hydrogen-bond acceptors (Lipinski definition) is 2. The Morgan fingerprint density at radius 3 is 2.61 bits per heavy atom. The van der Waals surface area contributed by atoms with E-state index in [2.05, 4.69) is 10.3 Å². The molecule has 2 fully saturated rings. The lowest BCUT2D eigenvalue weighted by Gasteiger charge is -2.23. The second-order valence-corrected chi connectivity index (χ2v) is 5.32. The Bertz CT molecular complexity index is 253. The topological polar surface area (TPSA) is 59.6 Å². The minimum atomic E-state index is 0. The van der Waals surface area contributed by atoms with Crippen LogP contribution in [0.15, 0.2) is 4.99 Å². The number of nitrogens with two attached hydrogens (primary N) is 1. The van der Waals surface area contributed by atoms with Crippen molar-refractivity contribution in [1.82, 2.24) is 5.32 Å². The normalized spacial score (nSPS) is 20.1. The van der Waals surface area contributed by atoms with Crippen LogP contribution in [0.4, 0.5) is 0 Å². The van der Waals surface area contributed by atoms with Gasteiger partial charge >= 0.3 is 0 Å². The fourth-order valence-corrected chi connectivity index (χ4v) is 1.88. The van der Waals surface area contributed by atoms with Crippen LogP contribution in [0.5, 0.6) is 0 Å². The monoisotopic (exact) mass is 367 g/mol. The zero-order valence-corrected chi connectivity index (χ0v) is 13.4. The van der Waals surface area contributed by atoms with Crippen LogP contribution in [0.3, 0.4) is 0 Å². The largest absolute Gasteiger partial charge is 0.381 e. The molecule has 0 heterocycles. The molecule has 0 aromatic carbocycles. The van der Waals surface area contributed by atoms with E-state index in [1.807, 2.05) is 0 Å². The molecule has 2 saturated carbocycles. The fourth-order valence-electron chi connectivity index (χ4n) is 1.88. The van der Waals surface area contributed by atoms with Crippen molar-refractivity contribution in [2.45, 2.75) is 38.5 Å². The lowest BCUT2D eigenvalue weighted by Crippen LogP contribution is -2.33. The van der Waals surface area contributed by atoms with Gasteiger partial charge in [0.25, 0.3) is 0 Å². The molecule has 0 atom stereocenters. The van der Waals surface area contributed by atoms with Gasteiger partial charge in [-0.15, -0.1) is 24.0 Å². The van der Waals surface area contributed by atoms with Crippen LogP contribution in [0.1, 0.15) is 38.5 Å². The highest BCUT2D eigenvalue weighted by molar-refractivity contribution is 14.0. The van der Waals surface area contributed by atoms with Gasteiger partial charge in [0, 0.05) is 26.3 Å². The van der Waals surface area contributed by atoms with E-state index in [0.717, 1.165) is 44.6 Å². The van der Waals surface area contributed by atoms with E-state index in [4.69, 9.17) is 10.5 Å². The first kappa shape index (κ1) is 16.0. The van der Waals surface area contributed by atoms with E-state index in [1.54, 1.807) is 0 Å². The van der Waals surface area contributed by atoms with Crippen molar-refractivity contribution in [1.29, 1.82) is 0 Å². The van der Waals surface area contributed by atoms with E-state index in [1.165, 1.54) is 32.1 Å². The van der Waals surface area contributed by atoms with Gasteiger partial charge in [0.05, 0.1) is 0 Å². The average molecular weight is 367 g/mol. The first-order valence-corrected chi connectivity index (χ1v) is 6.96. The molecular formula is C13H26IN3O. The Balaban J connectivity index is 0.00000162. The van der Waals surface area contributed by atoms with Gasteiger partial charge in [0.2, 0.25) is 0 Å². The summed E-state index contributed by atoms with van der Waals surface area (Å²) in [6.07, 6.45) is 7.74. The number of halogens is 1. The van der Waals surface area contributed by atoms with Crippen molar-refractivity contribution in [2.24, 2.45) is 22.6 Å². The fraction of sp³-hybridized carbons (Fsp3) is 0.923. The number of guanidine groups is 1. The third-order valence-electron chi connectivity index (χ3n) is 3.57. The van der Waals surface area contributed by atoms with Crippen molar-refractivity contribution in [2.75, 3.05) is 26.3 Å². The van der Waals surface area contributed by atoms with Gasteiger partial charge in [-0.25, -0.2) is 0 Å². The maximum absolute atomic E-state index is 5.77. The summed E-state index contributed by atoms with van der Waals surface area (Å²) < 4.78 is 5.54. The summed E-state index contributed by atoms with van der Waals surface area (Å²) in [6, 6.07) is 0. The first-order chi connectivity index (χ1) is 8.34. The molecule has 0 aromatic heterocycles. The predicted octanol–water partition coefficient (Wildman–Crippen LogP) is 2.13. The second-order valence-electron chi connectivity index (χ2n) is 5.32. The molecule has 4 nitrogen and oxygen atoms in total. The molecule has 0 bridgehead atoms. The number of hydrogen-bond donors (Lipinski definition) is 2. The molecule has 2 aliphatic rings. The van der Waals surface area contributed by atoms with E-state index in [-0.39, 0.29) is 24.0 Å². The Kier molecular flexibility index (Phi) is 7.97. The standard InChI is InChI=1S/C13H25N3O.HI/c14-13(16-9-11-3-1-4-11)15-7-2-8-17-10-12-5-6-12;/h11-12H,1-10H2,(H3,14,15,16);1H. The molecule has 0 spiro atoms. The minimum absolute atomic E-state index is 0. The van der Waals surface area contributed by atoms with Crippen LogP contribution in [-0.2, 0) is 4.74 Å². The molecule has 0 aromatic rings. The molecule has 18 heavy (non-hydrogen) atoms. The van der Waals surface area contributed by atoms with E-state index >= 15 is 0 Å². The highest BCUT2D eigenvalue weighted by Gasteiger charge is 2.20. The lowest BCUT2D eigenvalue weighted by atomic mass is 9.86. The zero-order valence-electron chi connectivity index (χ0n) is 11.1. The summed E-state index contributed by atoms with van der Waals surface area (Å²) in [5.74, 6) is 2.24. The molecule has 3 N–H and O–H groups in total. The number of ether oxygens (including phenoxy) is 1. The molecule has 0 radical (unpaired) electrons. The summed E-state index contributed by atoms with van der Waals surface area (Å²) in [7, 11) is 0. The molecule has 2 rings (SSSR count). The zero-order chi connectivity index (χ0) is 11.9. The van der Waals surface area contributed by atoms with Gasteiger partial charge < -0.3 is 15.8 Å². The van der Waals surface area contributed by atoms with Crippen LogP contribution >= 0.6 is 24.0 Å². The highest BCUT2D eigenvalue weighted by Crippen LogP contribution is 2.28. The van der Waals surface area contributed by atoms with E-state index in [9.17, 15) is 0 Å². The van der Waals surface area contributed by atoms with Gasteiger partial charge in [0.15, 0.2) is 5.96 Å². The Labute approximate surface area is 127 Å².